The second-order valence-electron chi connectivity index (χ2n) is 4.15. The predicted molar refractivity (Wildman–Crippen MR) is 61.1 cm³/mol. The Morgan fingerprint density at radius 3 is 2.62 bits per heavy atom. The molecule has 16 heavy (non-hydrogen) atoms. The largest absolute Gasteiger partial charge is 0.355 e. The van der Waals surface area contributed by atoms with E-state index in [1.54, 1.807) is 14.2 Å². The number of hydrogen-bond acceptors (Lipinski definition) is 4. The average molecular weight is 230 g/mol. The number of carbonyl (C=O) groups excluding carboxylic acids is 1. The van der Waals surface area contributed by atoms with Gasteiger partial charge in [0.05, 0.1) is 0 Å². The highest BCUT2D eigenvalue weighted by Crippen LogP contribution is 2.09. The number of nitrogens with one attached hydrogen (secondary N) is 1. The smallest absolute Gasteiger partial charge is 0.222 e. The molecule has 1 unspecified atom stereocenters. The van der Waals surface area contributed by atoms with Gasteiger partial charge in [0.2, 0.25) is 5.91 Å². The van der Waals surface area contributed by atoms with E-state index in [0.29, 0.717) is 13.0 Å². The van der Waals surface area contributed by atoms with Crippen LogP contribution in [-0.4, -0.2) is 57.0 Å². The van der Waals surface area contributed by atoms with Crippen LogP contribution in [0.2, 0.25) is 0 Å². The molecule has 1 saturated heterocycles. The normalized spacial score (nSPS) is 18.5. The molecule has 94 valence electrons. The molecule has 0 radical (unpaired) electrons. The van der Waals surface area contributed by atoms with E-state index in [9.17, 15) is 4.79 Å². The third kappa shape index (κ3) is 4.08. The lowest BCUT2D eigenvalue weighted by Crippen LogP contribution is -2.43. The zero-order valence-electron chi connectivity index (χ0n) is 10.4. The van der Waals surface area contributed by atoms with Gasteiger partial charge in [-0.3, -0.25) is 4.79 Å². The van der Waals surface area contributed by atoms with Crippen molar-refractivity contribution in [2.45, 2.75) is 32.1 Å². The molecule has 1 heterocycles. The molecule has 0 aromatic carbocycles. The van der Waals surface area contributed by atoms with E-state index in [1.807, 2.05) is 4.90 Å². The van der Waals surface area contributed by atoms with E-state index < -0.39 is 0 Å². The van der Waals surface area contributed by atoms with Crippen molar-refractivity contribution in [1.29, 1.82) is 0 Å². The topological polar surface area (TPSA) is 50.8 Å². The minimum Gasteiger partial charge on any atom is -0.355 e. The van der Waals surface area contributed by atoms with Crippen LogP contribution in [0.15, 0.2) is 0 Å². The molecule has 1 fully saturated rings. The highest BCUT2D eigenvalue weighted by molar-refractivity contribution is 5.78. The molecule has 0 aromatic heterocycles. The minimum atomic E-state index is -0.225. The Balaban J connectivity index is 2.19. The maximum Gasteiger partial charge on any atom is 0.222 e. The molecule has 1 rings (SSSR count). The first-order valence-electron chi connectivity index (χ1n) is 5.74. The third-order valence-corrected chi connectivity index (χ3v) is 2.82. The molecule has 1 aliphatic heterocycles. The molecular formula is C11H22N2O3. The zero-order chi connectivity index (χ0) is 12.0. The van der Waals surface area contributed by atoms with Crippen LogP contribution < -0.4 is 5.32 Å². The van der Waals surface area contributed by atoms with Gasteiger partial charge in [-0.1, -0.05) is 0 Å². The van der Waals surface area contributed by atoms with Gasteiger partial charge in [-0.05, 0) is 13.3 Å². The maximum absolute atomic E-state index is 11.4. The van der Waals surface area contributed by atoms with Gasteiger partial charge in [-0.25, -0.2) is 0 Å². The van der Waals surface area contributed by atoms with E-state index in [0.717, 1.165) is 19.5 Å². The van der Waals surface area contributed by atoms with Crippen molar-refractivity contribution in [3.05, 3.63) is 0 Å². The van der Waals surface area contributed by atoms with E-state index in [4.69, 9.17) is 9.47 Å². The average Bonchev–Trinajstić information content (AvgIpc) is 2.66. The van der Waals surface area contributed by atoms with Crippen LogP contribution in [-0.2, 0) is 14.3 Å². The first-order valence-corrected chi connectivity index (χ1v) is 5.74. The summed E-state index contributed by atoms with van der Waals surface area (Å²) in [6.45, 7) is 4.35. The van der Waals surface area contributed by atoms with E-state index in [-0.39, 0.29) is 18.2 Å². The summed E-state index contributed by atoms with van der Waals surface area (Å²) < 4.78 is 10.2. The molecule has 5 nitrogen and oxygen atoms in total. The van der Waals surface area contributed by atoms with Gasteiger partial charge >= 0.3 is 0 Å². The maximum atomic E-state index is 11.4. The van der Waals surface area contributed by atoms with Gasteiger partial charge in [0.25, 0.3) is 0 Å². The lowest BCUT2D eigenvalue weighted by Gasteiger charge is -2.23. The highest BCUT2D eigenvalue weighted by Gasteiger charge is 2.21. The summed E-state index contributed by atoms with van der Waals surface area (Å²) in [7, 11) is 3.23. The molecule has 1 N–H and O–H groups in total. The molecule has 0 saturated carbocycles. The SMILES string of the molecule is COC(CNC(C)CN1CCCC1=O)OC. The van der Waals surface area contributed by atoms with Crippen molar-refractivity contribution in [3.8, 4) is 0 Å². The van der Waals surface area contributed by atoms with E-state index >= 15 is 0 Å². The molecular weight excluding hydrogens is 208 g/mol. The van der Waals surface area contributed by atoms with Gasteiger partial charge in [-0.15, -0.1) is 0 Å². The standard InChI is InChI=1S/C11H22N2O3/c1-9(12-7-11(15-2)16-3)8-13-6-4-5-10(13)14/h9,11-12H,4-8H2,1-3H3. The monoisotopic (exact) mass is 230 g/mol. The Morgan fingerprint density at radius 1 is 1.44 bits per heavy atom. The summed E-state index contributed by atoms with van der Waals surface area (Å²) in [6.07, 6.45) is 1.47. The summed E-state index contributed by atoms with van der Waals surface area (Å²) in [5.74, 6) is 0.267. The highest BCUT2D eigenvalue weighted by atomic mass is 16.7. The van der Waals surface area contributed by atoms with Crippen LogP contribution in [0, 0.1) is 0 Å². The fourth-order valence-corrected chi connectivity index (χ4v) is 1.85. The van der Waals surface area contributed by atoms with Crippen LogP contribution in [0.3, 0.4) is 0 Å². The van der Waals surface area contributed by atoms with Crippen LogP contribution in [0.25, 0.3) is 0 Å². The molecule has 0 aromatic rings. The Morgan fingerprint density at radius 2 is 2.12 bits per heavy atom. The number of carbonyl (C=O) groups is 1. The second kappa shape index (κ2) is 6.83. The quantitative estimate of drug-likeness (QED) is 0.635. The van der Waals surface area contributed by atoms with Crippen molar-refractivity contribution in [2.75, 3.05) is 33.9 Å². The molecule has 0 bridgehead atoms. The number of rotatable bonds is 7. The van der Waals surface area contributed by atoms with Crippen molar-refractivity contribution in [3.63, 3.8) is 0 Å². The fraction of sp³-hybridized carbons (Fsp3) is 0.909. The van der Waals surface area contributed by atoms with Gasteiger partial charge < -0.3 is 19.7 Å². The lowest BCUT2D eigenvalue weighted by atomic mass is 10.3. The van der Waals surface area contributed by atoms with Gasteiger partial charge in [-0.2, -0.15) is 0 Å². The first-order chi connectivity index (χ1) is 7.67. The van der Waals surface area contributed by atoms with Crippen molar-refractivity contribution >= 4 is 5.91 Å². The third-order valence-electron chi connectivity index (χ3n) is 2.82. The Bertz CT molecular complexity index is 219. The molecule has 1 aliphatic rings. The first kappa shape index (κ1) is 13.4. The summed E-state index contributed by atoms with van der Waals surface area (Å²) in [5.41, 5.74) is 0. The van der Waals surface area contributed by atoms with E-state index in [2.05, 4.69) is 12.2 Å². The summed E-state index contributed by atoms with van der Waals surface area (Å²) in [6, 6.07) is 0.259. The van der Waals surface area contributed by atoms with Crippen LogP contribution in [0.1, 0.15) is 19.8 Å². The van der Waals surface area contributed by atoms with Crippen molar-refractivity contribution in [2.24, 2.45) is 0 Å². The number of methoxy groups -OCH3 is 2. The van der Waals surface area contributed by atoms with Crippen LogP contribution in [0.4, 0.5) is 0 Å². The van der Waals surface area contributed by atoms with Crippen molar-refractivity contribution in [1.82, 2.24) is 10.2 Å². The Hall–Kier alpha value is -0.650. The number of ether oxygens (including phenoxy) is 2. The molecule has 0 spiro atoms. The summed E-state index contributed by atoms with van der Waals surface area (Å²) in [5, 5.41) is 3.29. The van der Waals surface area contributed by atoms with Crippen molar-refractivity contribution < 1.29 is 14.3 Å². The molecule has 5 heteroatoms. The number of amides is 1. The molecule has 1 atom stereocenters. The second-order valence-corrected chi connectivity index (χ2v) is 4.15. The van der Waals surface area contributed by atoms with Crippen LogP contribution >= 0.6 is 0 Å². The van der Waals surface area contributed by atoms with E-state index in [1.165, 1.54) is 0 Å². The molecule has 0 aliphatic carbocycles. The molecule has 1 amide bonds. The number of likely N-dealkylation sites (tertiary alicyclic amines) is 1. The summed E-state index contributed by atoms with van der Waals surface area (Å²) in [4.78, 5) is 13.3. The predicted octanol–water partition coefficient (Wildman–Crippen LogP) is 0.206. The number of nitrogens with zero attached hydrogens (tertiary/aromatic N) is 1. The van der Waals surface area contributed by atoms with Crippen LogP contribution in [0.5, 0.6) is 0 Å². The Labute approximate surface area is 97.1 Å². The Kier molecular flexibility index (Phi) is 5.73. The number of hydrogen-bond donors (Lipinski definition) is 1. The minimum absolute atomic E-state index is 0.225. The van der Waals surface area contributed by atoms with Gasteiger partial charge in [0, 0.05) is 46.3 Å². The van der Waals surface area contributed by atoms with Gasteiger partial charge in [0.15, 0.2) is 6.29 Å². The summed E-state index contributed by atoms with van der Waals surface area (Å²) >= 11 is 0. The zero-order valence-corrected chi connectivity index (χ0v) is 10.4. The lowest BCUT2D eigenvalue weighted by molar-refractivity contribution is -0.128. The fourth-order valence-electron chi connectivity index (χ4n) is 1.85. The van der Waals surface area contributed by atoms with Gasteiger partial charge in [0.1, 0.15) is 0 Å².